The average molecular weight is 320 g/mol. The Morgan fingerprint density at radius 2 is 1.92 bits per heavy atom. The van der Waals surface area contributed by atoms with E-state index in [-0.39, 0.29) is 17.1 Å². The molecule has 0 unspecified atom stereocenters. The highest BCUT2D eigenvalue weighted by Gasteiger charge is 2.16. The summed E-state index contributed by atoms with van der Waals surface area (Å²) in [6, 6.07) is 14.0. The zero-order valence-corrected chi connectivity index (χ0v) is 12.9. The molecule has 120 valence electrons. The van der Waals surface area contributed by atoms with E-state index in [2.05, 4.69) is 16.8 Å². The summed E-state index contributed by atoms with van der Waals surface area (Å²) in [6.45, 7) is 4.10. The molecule has 0 aliphatic rings. The molecule has 0 saturated heterocycles. The molecule has 3 N–H and O–H groups in total. The summed E-state index contributed by atoms with van der Waals surface area (Å²) in [6.07, 6.45) is 1.67. The molecule has 1 heterocycles. The van der Waals surface area contributed by atoms with Gasteiger partial charge in [0.15, 0.2) is 5.69 Å². The summed E-state index contributed by atoms with van der Waals surface area (Å²) in [4.78, 5) is 12.2. The third-order valence-corrected chi connectivity index (χ3v) is 3.66. The standard InChI is InChI=1S/C18H16N4O2/c1-2-11-22-15-10-6-4-8-13(15)16(18(22)24)20-21-17(23)12-7-3-5-9-14(12)19/h2-10,24H,1,11,19H2. The number of rotatable bonds is 4. The van der Waals surface area contributed by atoms with Crippen molar-refractivity contribution in [3.63, 3.8) is 0 Å². The number of aromatic hydroxyl groups is 1. The van der Waals surface area contributed by atoms with Crippen LogP contribution in [-0.2, 0) is 6.54 Å². The van der Waals surface area contributed by atoms with E-state index in [0.29, 0.717) is 17.6 Å². The Morgan fingerprint density at radius 3 is 2.67 bits per heavy atom. The summed E-state index contributed by atoms with van der Waals surface area (Å²) < 4.78 is 1.65. The lowest BCUT2D eigenvalue weighted by Gasteiger charge is -2.01. The minimum Gasteiger partial charge on any atom is -0.493 e. The molecule has 6 heteroatoms. The van der Waals surface area contributed by atoms with Gasteiger partial charge in [-0.25, -0.2) is 0 Å². The van der Waals surface area contributed by atoms with Crippen molar-refractivity contribution in [1.82, 2.24) is 4.57 Å². The molecule has 24 heavy (non-hydrogen) atoms. The summed E-state index contributed by atoms with van der Waals surface area (Å²) in [7, 11) is 0. The summed E-state index contributed by atoms with van der Waals surface area (Å²) >= 11 is 0. The first-order valence-electron chi connectivity index (χ1n) is 7.35. The first-order valence-corrected chi connectivity index (χ1v) is 7.35. The fraction of sp³-hybridized carbons (Fsp3) is 0.0556. The summed E-state index contributed by atoms with van der Waals surface area (Å²) in [5, 5.41) is 18.8. The number of anilines is 1. The number of nitrogens with two attached hydrogens (primary N) is 1. The molecule has 0 atom stereocenters. The van der Waals surface area contributed by atoms with Crippen LogP contribution in [0.2, 0.25) is 0 Å². The van der Waals surface area contributed by atoms with Crippen LogP contribution in [0.1, 0.15) is 10.4 Å². The molecule has 0 bridgehead atoms. The van der Waals surface area contributed by atoms with Crippen LogP contribution in [0, 0.1) is 0 Å². The van der Waals surface area contributed by atoms with Gasteiger partial charge in [0, 0.05) is 17.6 Å². The van der Waals surface area contributed by atoms with Crippen molar-refractivity contribution in [3.05, 3.63) is 66.7 Å². The van der Waals surface area contributed by atoms with E-state index in [1.807, 2.05) is 24.3 Å². The zero-order chi connectivity index (χ0) is 17.1. The molecule has 3 rings (SSSR count). The van der Waals surface area contributed by atoms with Gasteiger partial charge in [0.25, 0.3) is 5.91 Å². The van der Waals surface area contributed by atoms with Gasteiger partial charge in [-0.15, -0.1) is 16.8 Å². The lowest BCUT2D eigenvalue weighted by molar-refractivity contribution is 0.0996. The molecule has 1 aromatic heterocycles. The first kappa shape index (κ1) is 15.5. The van der Waals surface area contributed by atoms with Crippen molar-refractivity contribution in [1.29, 1.82) is 0 Å². The molecule has 0 fully saturated rings. The van der Waals surface area contributed by atoms with Crippen LogP contribution in [0.4, 0.5) is 11.4 Å². The number of hydrogen-bond donors (Lipinski definition) is 2. The second kappa shape index (κ2) is 6.37. The van der Waals surface area contributed by atoms with Crippen LogP contribution in [-0.4, -0.2) is 15.6 Å². The number of nitrogen functional groups attached to an aromatic ring is 1. The maximum absolute atomic E-state index is 12.2. The van der Waals surface area contributed by atoms with E-state index < -0.39 is 5.91 Å². The largest absolute Gasteiger partial charge is 0.493 e. The highest BCUT2D eigenvalue weighted by molar-refractivity contribution is 6.00. The highest BCUT2D eigenvalue weighted by Crippen LogP contribution is 2.38. The smallest absolute Gasteiger partial charge is 0.297 e. The molecular weight excluding hydrogens is 304 g/mol. The monoisotopic (exact) mass is 320 g/mol. The molecule has 0 aliphatic carbocycles. The van der Waals surface area contributed by atoms with E-state index in [1.54, 1.807) is 34.9 Å². The van der Waals surface area contributed by atoms with Gasteiger partial charge < -0.3 is 15.4 Å². The minimum atomic E-state index is -0.562. The number of aromatic nitrogens is 1. The SMILES string of the molecule is C=CCn1c(O)c(N=NC(=O)c2ccccc2N)c2ccccc21. The van der Waals surface area contributed by atoms with E-state index in [4.69, 9.17) is 5.73 Å². The Hall–Kier alpha value is -3.41. The van der Waals surface area contributed by atoms with Gasteiger partial charge in [-0.2, -0.15) is 0 Å². The topological polar surface area (TPSA) is 93.0 Å². The third kappa shape index (κ3) is 2.65. The number of amides is 1. The Bertz CT molecular complexity index is 957. The average Bonchev–Trinajstić information content (AvgIpc) is 2.86. The maximum Gasteiger partial charge on any atom is 0.297 e. The molecule has 0 saturated carbocycles. The molecular formula is C18H16N4O2. The van der Waals surface area contributed by atoms with E-state index >= 15 is 0 Å². The number of fused-ring (bicyclic) bond motifs is 1. The Morgan fingerprint density at radius 1 is 1.21 bits per heavy atom. The van der Waals surface area contributed by atoms with Crippen LogP contribution in [0.3, 0.4) is 0 Å². The third-order valence-electron chi connectivity index (χ3n) is 3.66. The molecule has 3 aromatic rings. The van der Waals surface area contributed by atoms with Crippen LogP contribution in [0.15, 0.2) is 71.4 Å². The van der Waals surface area contributed by atoms with Crippen molar-refractivity contribution in [3.8, 4) is 5.88 Å². The van der Waals surface area contributed by atoms with Gasteiger partial charge in [0.05, 0.1) is 11.1 Å². The van der Waals surface area contributed by atoms with Crippen LogP contribution in [0.5, 0.6) is 5.88 Å². The normalized spacial score (nSPS) is 11.2. The quantitative estimate of drug-likeness (QED) is 0.431. The van der Waals surface area contributed by atoms with Crippen molar-refractivity contribution in [2.24, 2.45) is 10.2 Å². The fourth-order valence-corrected chi connectivity index (χ4v) is 2.53. The number of hydrogen-bond acceptors (Lipinski definition) is 4. The number of benzene rings is 2. The van der Waals surface area contributed by atoms with Crippen molar-refractivity contribution in [2.75, 3.05) is 5.73 Å². The van der Waals surface area contributed by atoms with Gasteiger partial charge in [0.2, 0.25) is 5.88 Å². The Labute approximate surface area is 138 Å². The van der Waals surface area contributed by atoms with Crippen molar-refractivity contribution < 1.29 is 9.90 Å². The first-order chi connectivity index (χ1) is 11.6. The minimum absolute atomic E-state index is 0.0614. The van der Waals surface area contributed by atoms with Gasteiger partial charge in [-0.05, 0) is 18.2 Å². The van der Waals surface area contributed by atoms with E-state index in [9.17, 15) is 9.90 Å². The number of carbonyl (C=O) groups is 1. The number of carbonyl (C=O) groups excluding carboxylic acids is 1. The fourth-order valence-electron chi connectivity index (χ4n) is 2.53. The van der Waals surface area contributed by atoms with Crippen LogP contribution in [0.25, 0.3) is 10.9 Å². The van der Waals surface area contributed by atoms with Crippen molar-refractivity contribution >= 4 is 28.2 Å². The predicted molar refractivity (Wildman–Crippen MR) is 93.5 cm³/mol. The lowest BCUT2D eigenvalue weighted by atomic mass is 10.2. The Balaban J connectivity index is 2.04. The van der Waals surface area contributed by atoms with Crippen molar-refractivity contribution in [2.45, 2.75) is 6.54 Å². The summed E-state index contributed by atoms with van der Waals surface area (Å²) in [5.41, 5.74) is 7.41. The molecule has 0 spiro atoms. The van der Waals surface area contributed by atoms with Gasteiger partial charge in [-0.1, -0.05) is 36.4 Å². The Kier molecular flexibility index (Phi) is 4.11. The zero-order valence-electron chi connectivity index (χ0n) is 12.9. The van der Waals surface area contributed by atoms with Crippen LogP contribution < -0.4 is 5.73 Å². The van der Waals surface area contributed by atoms with Gasteiger partial charge >= 0.3 is 0 Å². The summed E-state index contributed by atoms with van der Waals surface area (Å²) in [5.74, 6) is -0.623. The maximum atomic E-state index is 12.2. The predicted octanol–water partition coefficient (Wildman–Crippen LogP) is 4.04. The second-order valence-electron chi connectivity index (χ2n) is 5.18. The lowest BCUT2D eigenvalue weighted by Crippen LogP contribution is -1.99. The molecule has 1 amide bonds. The van der Waals surface area contributed by atoms with Gasteiger partial charge in [0.1, 0.15) is 0 Å². The molecule has 0 aliphatic heterocycles. The van der Waals surface area contributed by atoms with Gasteiger partial charge in [-0.3, -0.25) is 4.79 Å². The molecule has 2 aromatic carbocycles. The highest BCUT2D eigenvalue weighted by atomic mass is 16.3. The second-order valence-corrected chi connectivity index (χ2v) is 5.18. The molecule has 0 radical (unpaired) electrons. The van der Waals surface area contributed by atoms with E-state index in [1.165, 1.54) is 0 Å². The van der Waals surface area contributed by atoms with E-state index in [0.717, 1.165) is 5.52 Å². The number of nitrogens with zero attached hydrogens (tertiary/aromatic N) is 3. The van der Waals surface area contributed by atoms with Crippen LogP contribution >= 0.6 is 0 Å². The number of allylic oxidation sites excluding steroid dienone is 1. The molecule has 6 nitrogen and oxygen atoms in total. The number of azo groups is 1. The number of para-hydroxylation sites is 2.